The molecule has 172 valence electrons. The van der Waals surface area contributed by atoms with Crippen LogP contribution >= 0.6 is 0 Å². The number of ether oxygens (including phenoxy) is 3. The number of nitrogens with zero attached hydrogens (tertiary/aromatic N) is 1. The number of nitriles is 1. The quantitative estimate of drug-likeness (QED) is 0.204. The summed E-state index contributed by atoms with van der Waals surface area (Å²) in [6.45, 7) is 4.04. The van der Waals surface area contributed by atoms with Gasteiger partial charge in [0.1, 0.15) is 23.1 Å². The Bertz CT molecular complexity index is 1220. The Morgan fingerprint density at radius 1 is 0.912 bits per heavy atom. The van der Waals surface area contributed by atoms with Crippen molar-refractivity contribution in [3.8, 4) is 17.6 Å². The Labute approximate surface area is 199 Å². The van der Waals surface area contributed by atoms with Crippen LogP contribution in [0.25, 0.3) is 6.08 Å². The smallest absolute Gasteiger partial charge is 0.349 e. The highest BCUT2D eigenvalue weighted by Gasteiger charge is 2.22. The van der Waals surface area contributed by atoms with E-state index in [1.54, 1.807) is 30.3 Å². The third-order valence-electron chi connectivity index (χ3n) is 5.35. The second-order valence-corrected chi connectivity index (χ2v) is 8.01. The molecule has 0 amide bonds. The van der Waals surface area contributed by atoms with Crippen LogP contribution in [-0.2, 0) is 19.7 Å². The van der Waals surface area contributed by atoms with Crippen molar-refractivity contribution >= 4 is 18.0 Å². The van der Waals surface area contributed by atoms with Crippen LogP contribution in [-0.4, -0.2) is 25.7 Å². The standard InChI is InChI=1S/C28H25NO5/c1-28(2,22-9-5-4-6-10-22)23-12-14-24(15-13-23)33-19-26(30)34-25-11-7-8-20(17-25)16-21(18-29)27(31)32-3/h4-17H,19H2,1-3H3/b21-16+. The van der Waals surface area contributed by atoms with Crippen LogP contribution in [0.2, 0.25) is 0 Å². The lowest BCUT2D eigenvalue weighted by Gasteiger charge is -2.26. The van der Waals surface area contributed by atoms with Gasteiger partial charge in [0, 0.05) is 5.41 Å². The summed E-state index contributed by atoms with van der Waals surface area (Å²) in [5.74, 6) is -0.498. The first-order valence-electron chi connectivity index (χ1n) is 10.6. The first-order chi connectivity index (χ1) is 16.3. The Morgan fingerprint density at radius 2 is 1.59 bits per heavy atom. The molecule has 3 aromatic rings. The molecule has 34 heavy (non-hydrogen) atoms. The van der Waals surface area contributed by atoms with Gasteiger partial charge in [-0.3, -0.25) is 0 Å². The summed E-state index contributed by atoms with van der Waals surface area (Å²) in [7, 11) is 1.20. The maximum atomic E-state index is 12.3. The van der Waals surface area contributed by atoms with Crippen LogP contribution in [0.15, 0.2) is 84.4 Å². The molecular weight excluding hydrogens is 430 g/mol. The molecule has 3 rings (SSSR count). The Kier molecular flexibility index (Phi) is 7.83. The monoisotopic (exact) mass is 455 g/mol. The Hall–Kier alpha value is -4.37. The van der Waals surface area contributed by atoms with Gasteiger partial charge >= 0.3 is 11.9 Å². The number of rotatable bonds is 8. The lowest BCUT2D eigenvalue weighted by Crippen LogP contribution is -2.19. The molecule has 0 bridgehead atoms. The minimum absolute atomic E-state index is 0.159. The zero-order valence-electron chi connectivity index (χ0n) is 19.3. The van der Waals surface area contributed by atoms with E-state index in [2.05, 4.69) is 30.7 Å². The number of hydrogen-bond donors (Lipinski definition) is 0. The molecule has 0 fully saturated rings. The summed E-state index contributed by atoms with van der Waals surface area (Å²) in [6, 6.07) is 26.1. The zero-order valence-corrected chi connectivity index (χ0v) is 19.3. The van der Waals surface area contributed by atoms with E-state index in [4.69, 9.17) is 14.7 Å². The fraction of sp³-hybridized carbons (Fsp3) is 0.179. The van der Waals surface area contributed by atoms with Crippen LogP contribution in [0, 0.1) is 11.3 Å². The molecule has 0 saturated heterocycles. The maximum Gasteiger partial charge on any atom is 0.349 e. The van der Waals surface area contributed by atoms with Crippen molar-refractivity contribution in [2.45, 2.75) is 19.3 Å². The van der Waals surface area contributed by atoms with Gasteiger partial charge in [0.05, 0.1) is 7.11 Å². The van der Waals surface area contributed by atoms with Gasteiger partial charge in [0.2, 0.25) is 0 Å². The van der Waals surface area contributed by atoms with Crippen LogP contribution < -0.4 is 9.47 Å². The molecule has 0 atom stereocenters. The molecule has 0 radical (unpaired) electrons. The molecule has 0 unspecified atom stereocenters. The molecule has 0 aromatic heterocycles. The molecule has 0 saturated carbocycles. The fourth-order valence-corrected chi connectivity index (χ4v) is 3.37. The predicted octanol–water partition coefficient (Wildman–Crippen LogP) is 5.08. The minimum atomic E-state index is -0.739. The summed E-state index contributed by atoms with van der Waals surface area (Å²) in [5.41, 5.74) is 2.52. The van der Waals surface area contributed by atoms with Gasteiger partial charge in [-0.2, -0.15) is 5.26 Å². The predicted molar refractivity (Wildman–Crippen MR) is 128 cm³/mol. The van der Waals surface area contributed by atoms with Gasteiger partial charge in [-0.15, -0.1) is 0 Å². The Morgan fingerprint density at radius 3 is 2.24 bits per heavy atom. The van der Waals surface area contributed by atoms with Crippen molar-refractivity contribution < 1.29 is 23.8 Å². The molecule has 6 heteroatoms. The molecular formula is C28H25NO5. The molecule has 0 N–H and O–H groups in total. The molecule has 0 aliphatic carbocycles. The number of methoxy groups -OCH3 is 1. The Balaban J connectivity index is 1.60. The maximum absolute atomic E-state index is 12.3. The summed E-state index contributed by atoms with van der Waals surface area (Å²) in [5, 5.41) is 9.08. The second kappa shape index (κ2) is 11.0. The van der Waals surface area contributed by atoms with Crippen LogP contribution in [0.5, 0.6) is 11.5 Å². The van der Waals surface area contributed by atoms with Crippen molar-refractivity contribution in [2.24, 2.45) is 0 Å². The summed E-state index contributed by atoms with van der Waals surface area (Å²) in [6.07, 6.45) is 1.36. The van der Waals surface area contributed by atoms with E-state index in [0.717, 1.165) is 5.56 Å². The molecule has 0 spiro atoms. The van der Waals surface area contributed by atoms with E-state index in [1.165, 1.54) is 18.7 Å². The first-order valence-corrected chi connectivity index (χ1v) is 10.6. The summed E-state index contributed by atoms with van der Waals surface area (Å²) >= 11 is 0. The fourth-order valence-electron chi connectivity index (χ4n) is 3.37. The van der Waals surface area contributed by atoms with Gasteiger partial charge in [-0.25, -0.2) is 9.59 Å². The van der Waals surface area contributed by atoms with Crippen molar-refractivity contribution in [3.63, 3.8) is 0 Å². The number of esters is 2. The third-order valence-corrected chi connectivity index (χ3v) is 5.35. The van der Waals surface area contributed by atoms with Gasteiger partial charge in [-0.05, 0) is 47.0 Å². The molecule has 0 heterocycles. The number of carbonyl (C=O) groups is 2. The van der Waals surface area contributed by atoms with E-state index in [0.29, 0.717) is 11.3 Å². The van der Waals surface area contributed by atoms with Crippen molar-refractivity contribution in [2.75, 3.05) is 13.7 Å². The number of hydrogen-bond acceptors (Lipinski definition) is 6. The van der Waals surface area contributed by atoms with Gasteiger partial charge in [-0.1, -0.05) is 68.4 Å². The lowest BCUT2D eigenvalue weighted by molar-refractivity contribution is -0.137. The average molecular weight is 456 g/mol. The summed E-state index contributed by atoms with van der Waals surface area (Å²) in [4.78, 5) is 23.8. The van der Waals surface area contributed by atoms with E-state index in [1.807, 2.05) is 42.5 Å². The van der Waals surface area contributed by atoms with Crippen LogP contribution in [0.4, 0.5) is 0 Å². The summed E-state index contributed by atoms with van der Waals surface area (Å²) < 4.78 is 15.5. The van der Waals surface area contributed by atoms with Crippen molar-refractivity contribution in [1.82, 2.24) is 0 Å². The zero-order chi connectivity index (χ0) is 24.6. The molecule has 0 aliphatic rings. The largest absolute Gasteiger partial charge is 0.482 e. The molecule has 6 nitrogen and oxygen atoms in total. The molecule has 3 aromatic carbocycles. The van der Waals surface area contributed by atoms with Gasteiger partial charge in [0.25, 0.3) is 0 Å². The van der Waals surface area contributed by atoms with Crippen molar-refractivity contribution in [1.29, 1.82) is 5.26 Å². The van der Waals surface area contributed by atoms with Crippen LogP contribution in [0.1, 0.15) is 30.5 Å². The first kappa shape index (κ1) is 24.3. The minimum Gasteiger partial charge on any atom is -0.482 e. The molecule has 0 aliphatic heterocycles. The highest BCUT2D eigenvalue weighted by molar-refractivity contribution is 5.97. The normalized spacial score (nSPS) is 11.3. The SMILES string of the molecule is COC(=O)/C(C#N)=C/c1cccc(OC(=O)COc2ccc(C(C)(C)c3ccccc3)cc2)c1. The van der Waals surface area contributed by atoms with Gasteiger partial charge < -0.3 is 14.2 Å². The highest BCUT2D eigenvalue weighted by Crippen LogP contribution is 2.32. The van der Waals surface area contributed by atoms with E-state index in [-0.39, 0.29) is 23.3 Å². The number of carbonyl (C=O) groups excluding carboxylic acids is 2. The van der Waals surface area contributed by atoms with Gasteiger partial charge in [0.15, 0.2) is 6.61 Å². The highest BCUT2D eigenvalue weighted by atomic mass is 16.6. The lowest BCUT2D eigenvalue weighted by atomic mass is 9.78. The van der Waals surface area contributed by atoms with Crippen molar-refractivity contribution in [3.05, 3.63) is 101 Å². The van der Waals surface area contributed by atoms with Crippen LogP contribution in [0.3, 0.4) is 0 Å². The third kappa shape index (κ3) is 6.11. The van der Waals surface area contributed by atoms with E-state index < -0.39 is 11.9 Å². The number of benzene rings is 3. The van der Waals surface area contributed by atoms with E-state index >= 15 is 0 Å². The second-order valence-electron chi connectivity index (χ2n) is 8.01. The average Bonchev–Trinajstić information content (AvgIpc) is 2.86. The topological polar surface area (TPSA) is 85.6 Å². The van der Waals surface area contributed by atoms with E-state index in [9.17, 15) is 9.59 Å².